The molecule has 1 aromatic heterocycles. The van der Waals surface area contributed by atoms with Gasteiger partial charge in [-0.05, 0) is 61.8 Å². The molecule has 2 rings (SSSR count). The number of H-pyrrole nitrogens is 1. The second-order valence-electron chi connectivity index (χ2n) is 4.28. The molecule has 0 aliphatic rings. The van der Waals surface area contributed by atoms with Gasteiger partial charge in [-0.25, -0.2) is 9.89 Å². The van der Waals surface area contributed by atoms with Gasteiger partial charge >= 0.3 is 5.69 Å². The zero-order chi connectivity index (χ0) is 13.8. The normalized spacial score (nSPS) is 10.9. The lowest BCUT2D eigenvalue weighted by Crippen LogP contribution is -2.15. The molecule has 0 fully saturated rings. The Kier molecular flexibility index (Phi) is 4.44. The minimum atomic E-state index is -0.165. The Labute approximate surface area is 116 Å². The smallest absolute Gasteiger partial charge is 0.330 e. The molecule has 0 amide bonds. The highest BCUT2D eigenvalue weighted by molar-refractivity contribution is 7.99. The summed E-state index contributed by atoms with van der Waals surface area (Å²) < 4.78 is 1.62. The van der Waals surface area contributed by atoms with E-state index >= 15 is 0 Å². The fourth-order valence-electron chi connectivity index (χ4n) is 1.93. The van der Waals surface area contributed by atoms with E-state index in [-0.39, 0.29) is 5.69 Å². The van der Waals surface area contributed by atoms with Gasteiger partial charge in [0, 0.05) is 11.4 Å². The van der Waals surface area contributed by atoms with Gasteiger partial charge in [-0.15, -0.1) is 5.10 Å². The highest BCUT2D eigenvalue weighted by atomic mass is 32.2. The first kappa shape index (κ1) is 13.9. The highest BCUT2D eigenvalue weighted by Crippen LogP contribution is 2.26. The SMILES string of the molecule is CCn1c(Sc2ccc(CCN)c(C)c2)n[nH]c1=O. The second-order valence-corrected chi connectivity index (χ2v) is 5.33. The number of benzene rings is 1. The first-order valence-corrected chi connectivity index (χ1v) is 7.10. The van der Waals surface area contributed by atoms with Gasteiger partial charge < -0.3 is 5.73 Å². The fourth-order valence-corrected chi connectivity index (χ4v) is 2.93. The van der Waals surface area contributed by atoms with Crippen LogP contribution in [0.2, 0.25) is 0 Å². The summed E-state index contributed by atoms with van der Waals surface area (Å²) in [5.41, 5.74) is 7.89. The largest absolute Gasteiger partial charge is 0.343 e. The third kappa shape index (κ3) is 3.08. The molecule has 0 saturated heterocycles. The van der Waals surface area contributed by atoms with E-state index in [0.717, 1.165) is 11.3 Å². The molecule has 0 radical (unpaired) electrons. The van der Waals surface area contributed by atoms with Gasteiger partial charge in [-0.1, -0.05) is 6.07 Å². The van der Waals surface area contributed by atoms with E-state index in [1.807, 2.05) is 13.0 Å². The minimum Gasteiger partial charge on any atom is -0.330 e. The summed E-state index contributed by atoms with van der Waals surface area (Å²) in [5, 5.41) is 7.21. The second kappa shape index (κ2) is 6.08. The summed E-state index contributed by atoms with van der Waals surface area (Å²) in [7, 11) is 0. The number of aromatic amines is 1. The van der Waals surface area contributed by atoms with Crippen molar-refractivity contribution in [1.82, 2.24) is 14.8 Å². The number of aromatic nitrogens is 3. The van der Waals surface area contributed by atoms with Crippen molar-refractivity contribution in [2.24, 2.45) is 5.73 Å². The maximum Gasteiger partial charge on any atom is 0.343 e. The molecule has 3 N–H and O–H groups in total. The molecule has 19 heavy (non-hydrogen) atoms. The molecule has 0 atom stereocenters. The summed E-state index contributed by atoms with van der Waals surface area (Å²) in [5.74, 6) is 0. The van der Waals surface area contributed by atoms with Gasteiger partial charge in [0.1, 0.15) is 0 Å². The Hall–Kier alpha value is -1.53. The molecule has 0 bridgehead atoms. The fraction of sp³-hybridized carbons (Fsp3) is 0.385. The summed E-state index contributed by atoms with van der Waals surface area (Å²) in [6.45, 7) is 5.27. The highest BCUT2D eigenvalue weighted by Gasteiger charge is 2.09. The zero-order valence-corrected chi connectivity index (χ0v) is 12.0. The standard InChI is InChI=1S/C13H18N4OS/c1-3-17-12(18)15-16-13(17)19-11-5-4-10(6-7-14)9(2)8-11/h4-5,8H,3,6-7,14H2,1-2H3,(H,15,18). The van der Waals surface area contributed by atoms with Crippen LogP contribution in [0.3, 0.4) is 0 Å². The Bertz CT molecular complexity index is 617. The molecule has 6 heteroatoms. The molecule has 0 aliphatic heterocycles. The predicted molar refractivity (Wildman–Crippen MR) is 76.6 cm³/mol. The summed E-state index contributed by atoms with van der Waals surface area (Å²) in [6, 6.07) is 6.24. The van der Waals surface area contributed by atoms with Crippen molar-refractivity contribution in [3.63, 3.8) is 0 Å². The van der Waals surface area contributed by atoms with Gasteiger partial charge in [0.05, 0.1) is 0 Å². The molecule has 0 unspecified atom stereocenters. The molecular formula is C13H18N4OS. The van der Waals surface area contributed by atoms with Crippen molar-refractivity contribution < 1.29 is 0 Å². The van der Waals surface area contributed by atoms with Gasteiger partial charge in [-0.2, -0.15) is 0 Å². The van der Waals surface area contributed by atoms with E-state index in [9.17, 15) is 4.79 Å². The number of hydrogen-bond acceptors (Lipinski definition) is 4. The van der Waals surface area contributed by atoms with Crippen molar-refractivity contribution in [2.45, 2.75) is 36.9 Å². The first-order chi connectivity index (χ1) is 9.15. The average molecular weight is 278 g/mol. The van der Waals surface area contributed by atoms with Crippen LogP contribution in [-0.2, 0) is 13.0 Å². The van der Waals surface area contributed by atoms with Gasteiger partial charge in [-0.3, -0.25) is 4.57 Å². The van der Waals surface area contributed by atoms with Crippen LogP contribution in [-0.4, -0.2) is 21.3 Å². The lowest BCUT2D eigenvalue weighted by Gasteiger charge is -2.07. The molecule has 0 saturated carbocycles. The number of nitrogens with zero attached hydrogens (tertiary/aromatic N) is 2. The Morgan fingerprint density at radius 3 is 2.89 bits per heavy atom. The van der Waals surface area contributed by atoms with Gasteiger partial charge in [0.25, 0.3) is 0 Å². The number of hydrogen-bond donors (Lipinski definition) is 2. The number of nitrogens with two attached hydrogens (primary N) is 1. The van der Waals surface area contributed by atoms with Crippen LogP contribution in [0.1, 0.15) is 18.1 Å². The average Bonchev–Trinajstić information content (AvgIpc) is 2.73. The van der Waals surface area contributed by atoms with Crippen LogP contribution in [0.25, 0.3) is 0 Å². The molecule has 0 spiro atoms. The lowest BCUT2D eigenvalue weighted by atomic mass is 10.1. The van der Waals surface area contributed by atoms with E-state index in [1.165, 1.54) is 22.9 Å². The van der Waals surface area contributed by atoms with Crippen LogP contribution in [0.5, 0.6) is 0 Å². The Morgan fingerprint density at radius 2 is 2.26 bits per heavy atom. The van der Waals surface area contributed by atoms with E-state index in [2.05, 4.69) is 29.3 Å². The van der Waals surface area contributed by atoms with E-state index in [4.69, 9.17) is 5.73 Å². The Balaban J connectivity index is 2.24. The van der Waals surface area contributed by atoms with Crippen LogP contribution >= 0.6 is 11.8 Å². The molecule has 1 heterocycles. The first-order valence-electron chi connectivity index (χ1n) is 6.28. The van der Waals surface area contributed by atoms with Crippen molar-refractivity contribution in [3.8, 4) is 0 Å². The van der Waals surface area contributed by atoms with Crippen LogP contribution < -0.4 is 11.4 Å². The van der Waals surface area contributed by atoms with Gasteiger partial charge in [0.2, 0.25) is 0 Å². The molecule has 0 aliphatic carbocycles. The number of aryl methyl sites for hydroxylation is 1. The topological polar surface area (TPSA) is 76.7 Å². The number of rotatable bonds is 5. The van der Waals surface area contributed by atoms with Crippen LogP contribution in [0.15, 0.2) is 33.0 Å². The quantitative estimate of drug-likeness (QED) is 0.870. The van der Waals surface area contributed by atoms with Gasteiger partial charge in [0.15, 0.2) is 5.16 Å². The van der Waals surface area contributed by atoms with Crippen LogP contribution in [0.4, 0.5) is 0 Å². The molecule has 1 aromatic carbocycles. The maximum atomic E-state index is 11.5. The summed E-state index contributed by atoms with van der Waals surface area (Å²) >= 11 is 1.49. The minimum absolute atomic E-state index is 0.165. The molecule has 2 aromatic rings. The molecule has 5 nitrogen and oxygen atoms in total. The Morgan fingerprint density at radius 1 is 1.47 bits per heavy atom. The van der Waals surface area contributed by atoms with Crippen molar-refractivity contribution in [3.05, 3.63) is 39.8 Å². The van der Waals surface area contributed by atoms with Crippen molar-refractivity contribution in [1.29, 1.82) is 0 Å². The zero-order valence-electron chi connectivity index (χ0n) is 11.1. The van der Waals surface area contributed by atoms with Crippen LogP contribution in [0, 0.1) is 6.92 Å². The summed E-state index contributed by atoms with van der Waals surface area (Å²) in [6.07, 6.45) is 0.888. The van der Waals surface area contributed by atoms with Crippen molar-refractivity contribution >= 4 is 11.8 Å². The molecule has 102 valence electrons. The van der Waals surface area contributed by atoms with E-state index < -0.39 is 0 Å². The third-order valence-electron chi connectivity index (χ3n) is 2.98. The van der Waals surface area contributed by atoms with E-state index in [1.54, 1.807) is 4.57 Å². The number of nitrogens with one attached hydrogen (secondary N) is 1. The van der Waals surface area contributed by atoms with Crippen molar-refractivity contribution in [2.75, 3.05) is 6.54 Å². The maximum absolute atomic E-state index is 11.5. The lowest BCUT2D eigenvalue weighted by molar-refractivity contribution is 0.660. The van der Waals surface area contributed by atoms with E-state index in [0.29, 0.717) is 18.2 Å². The predicted octanol–water partition coefficient (Wildman–Crippen LogP) is 1.55. The monoisotopic (exact) mass is 278 g/mol. The third-order valence-corrected chi connectivity index (χ3v) is 3.96. The molecular weight excluding hydrogens is 260 g/mol. The summed E-state index contributed by atoms with van der Waals surface area (Å²) in [4.78, 5) is 12.6.